The van der Waals surface area contributed by atoms with E-state index in [2.05, 4.69) is 5.32 Å². The van der Waals surface area contributed by atoms with Crippen molar-refractivity contribution in [3.05, 3.63) is 0 Å². The van der Waals surface area contributed by atoms with Gasteiger partial charge < -0.3 is 16.2 Å². The Balaban J connectivity index is 4.09. The molecule has 0 saturated heterocycles. The minimum atomic E-state index is -0.869. The lowest BCUT2D eigenvalue weighted by Crippen LogP contribution is -2.36. The van der Waals surface area contributed by atoms with Crippen molar-refractivity contribution in [3.8, 4) is 0 Å². The lowest BCUT2D eigenvalue weighted by Gasteiger charge is -2.18. The molecule has 0 radical (unpaired) electrons. The van der Waals surface area contributed by atoms with E-state index in [1.807, 2.05) is 20.8 Å². The van der Waals surface area contributed by atoms with Gasteiger partial charge >= 0.3 is 5.97 Å². The van der Waals surface area contributed by atoms with Crippen LogP contribution in [0.25, 0.3) is 0 Å². The van der Waals surface area contributed by atoms with Crippen LogP contribution in [0.4, 0.5) is 0 Å². The maximum Gasteiger partial charge on any atom is 0.308 e. The smallest absolute Gasteiger partial charge is 0.308 e. The Morgan fingerprint density at radius 3 is 2.29 bits per heavy atom. The number of nitrogens with one attached hydrogen (secondary N) is 1. The average Bonchev–Trinajstić information content (AvgIpc) is 2.25. The van der Waals surface area contributed by atoms with E-state index in [-0.39, 0.29) is 24.3 Å². The average molecular weight is 244 g/mol. The fraction of sp³-hybridized carbons (Fsp3) is 0.833. The van der Waals surface area contributed by atoms with Crippen LogP contribution < -0.4 is 11.1 Å². The van der Waals surface area contributed by atoms with Crippen molar-refractivity contribution in [2.75, 3.05) is 13.1 Å². The first-order valence-electron chi connectivity index (χ1n) is 6.11. The maximum atomic E-state index is 11.6. The van der Waals surface area contributed by atoms with Crippen molar-refractivity contribution in [2.24, 2.45) is 23.5 Å². The Bertz CT molecular complexity index is 250. The van der Waals surface area contributed by atoms with Gasteiger partial charge in [0.2, 0.25) is 5.91 Å². The molecule has 5 nitrogen and oxygen atoms in total. The monoisotopic (exact) mass is 244 g/mol. The van der Waals surface area contributed by atoms with Crippen LogP contribution in [0.1, 0.15) is 33.6 Å². The summed E-state index contributed by atoms with van der Waals surface area (Å²) in [4.78, 5) is 22.5. The number of carboxylic acids is 1. The van der Waals surface area contributed by atoms with E-state index in [4.69, 9.17) is 10.8 Å². The first-order valence-corrected chi connectivity index (χ1v) is 6.11. The Morgan fingerprint density at radius 1 is 1.35 bits per heavy atom. The highest BCUT2D eigenvalue weighted by Crippen LogP contribution is 2.10. The molecule has 0 bridgehead atoms. The van der Waals surface area contributed by atoms with E-state index in [9.17, 15) is 9.59 Å². The molecule has 0 aromatic carbocycles. The van der Waals surface area contributed by atoms with E-state index in [1.54, 1.807) is 0 Å². The molecule has 4 N–H and O–H groups in total. The normalized spacial score (nSPS) is 14.4. The van der Waals surface area contributed by atoms with Crippen molar-refractivity contribution in [1.29, 1.82) is 0 Å². The summed E-state index contributed by atoms with van der Waals surface area (Å²) in [6.45, 7) is 6.32. The lowest BCUT2D eigenvalue weighted by atomic mass is 9.95. The number of hydrogen-bond acceptors (Lipinski definition) is 3. The molecule has 0 spiro atoms. The molecule has 2 unspecified atom stereocenters. The van der Waals surface area contributed by atoms with Gasteiger partial charge in [0.25, 0.3) is 0 Å². The van der Waals surface area contributed by atoms with Crippen LogP contribution in [-0.4, -0.2) is 30.1 Å². The van der Waals surface area contributed by atoms with Crippen molar-refractivity contribution in [1.82, 2.24) is 5.32 Å². The van der Waals surface area contributed by atoms with Gasteiger partial charge in [-0.2, -0.15) is 0 Å². The fourth-order valence-electron chi connectivity index (χ4n) is 1.56. The van der Waals surface area contributed by atoms with Crippen LogP contribution in [-0.2, 0) is 9.59 Å². The first kappa shape index (κ1) is 15.9. The maximum absolute atomic E-state index is 11.6. The fourth-order valence-corrected chi connectivity index (χ4v) is 1.56. The van der Waals surface area contributed by atoms with Crippen molar-refractivity contribution in [3.63, 3.8) is 0 Å². The zero-order chi connectivity index (χ0) is 13.4. The van der Waals surface area contributed by atoms with Crippen molar-refractivity contribution < 1.29 is 14.7 Å². The minimum Gasteiger partial charge on any atom is -0.481 e. The zero-order valence-corrected chi connectivity index (χ0v) is 10.9. The number of carbonyl (C=O) groups is 2. The number of amides is 1. The highest BCUT2D eigenvalue weighted by atomic mass is 16.4. The molecular weight excluding hydrogens is 220 g/mol. The van der Waals surface area contributed by atoms with Gasteiger partial charge in [-0.1, -0.05) is 27.2 Å². The third-order valence-electron chi connectivity index (χ3n) is 3.03. The van der Waals surface area contributed by atoms with Gasteiger partial charge in [-0.3, -0.25) is 9.59 Å². The third-order valence-corrected chi connectivity index (χ3v) is 3.03. The predicted octanol–water partition coefficient (Wildman–Crippen LogP) is 0.834. The molecule has 0 fully saturated rings. The van der Waals surface area contributed by atoms with Gasteiger partial charge in [-0.15, -0.1) is 0 Å². The molecule has 17 heavy (non-hydrogen) atoms. The largest absolute Gasteiger partial charge is 0.481 e. The number of carboxylic acid groups (broad SMARTS) is 1. The van der Waals surface area contributed by atoms with Gasteiger partial charge in [0, 0.05) is 13.0 Å². The quantitative estimate of drug-likeness (QED) is 0.589. The molecule has 0 aromatic rings. The van der Waals surface area contributed by atoms with E-state index in [1.165, 1.54) is 0 Å². The summed E-state index contributed by atoms with van der Waals surface area (Å²) in [6.07, 6.45) is 1.23. The minimum absolute atomic E-state index is 0.00396. The van der Waals surface area contributed by atoms with Crippen molar-refractivity contribution in [2.45, 2.75) is 33.6 Å². The van der Waals surface area contributed by atoms with Crippen LogP contribution in [0.15, 0.2) is 0 Å². The summed E-state index contributed by atoms with van der Waals surface area (Å²) in [5.41, 5.74) is 5.51. The van der Waals surface area contributed by atoms with Crippen LogP contribution >= 0.6 is 0 Å². The summed E-state index contributed by atoms with van der Waals surface area (Å²) < 4.78 is 0. The second-order valence-corrected chi connectivity index (χ2v) is 4.71. The van der Waals surface area contributed by atoms with Gasteiger partial charge in [0.1, 0.15) is 0 Å². The molecule has 5 heteroatoms. The third kappa shape index (κ3) is 6.26. The molecule has 1 amide bonds. The predicted molar refractivity (Wildman–Crippen MR) is 66.4 cm³/mol. The molecule has 0 aliphatic rings. The van der Waals surface area contributed by atoms with Crippen molar-refractivity contribution >= 4 is 11.9 Å². The van der Waals surface area contributed by atoms with E-state index in [0.717, 1.165) is 6.42 Å². The molecule has 0 aromatic heterocycles. The molecule has 100 valence electrons. The second kappa shape index (κ2) is 8.06. The Morgan fingerprint density at radius 2 is 1.94 bits per heavy atom. The Hall–Kier alpha value is -1.10. The Labute approximate surface area is 103 Å². The highest BCUT2D eigenvalue weighted by Gasteiger charge is 2.22. The number of aliphatic carboxylic acids is 1. The lowest BCUT2D eigenvalue weighted by molar-refractivity contribution is -0.143. The molecule has 0 aliphatic carbocycles. The van der Waals surface area contributed by atoms with E-state index in [0.29, 0.717) is 13.0 Å². The molecule has 0 aliphatic heterocycles. The standard InChI is InChI=1S/C12H24N2O3/c1-4-9(6-13)5-11(15)14-7-10(8(2)3)12(16)17/h8-10H,4-7,13H2,1-3H3,(H,14,15)(H,16,17). The zero-order valence-electron chi connectivity index (χ0n) is 10.9. The number of hydrogen-bond donors (Lipinski definition) is 3. The van der Waals surface area contributed by atoms with Gasteiger partial charge in [0.15, 0.2) is 0 Å². The molecule has 0 heterocycles. The Kier molecular flexibility index (Phi) is 7.54. The molecule has 0 saturated carbocycles. The summed E-state index contributed by atoms with van der Waals surface area (Å²) in [5, 5.41) is 11.6. The van der Waals surface area contributed by atoms with Gasteiger partial charge in [-0.25, -0.2) is 0 Å². The van der Waals surface area contributed by atoms with Gasteiger partial charge in [0.05, 0.1) is 5.92 Å². The second-order valence-electron chi connectivity index (χ2n) is 4.71. The summed E-state index contributed by atoms with van der Waals surface area (Å²) in [6, 6.07) is 0. The van der Waals surface area contributed by atoms with Crippen LogP contribution in [0, 0.1) is 17.8 Å². The summed E-state index contributed by atoms with van der Waals surface area (Å²) >= 11 is 0. The molecule has 2 atom stereocenters. The number of rotatable bonds is 8. The van der Waals surface area contributed by atoms with E-state index < -0.39 is 11.9 Å². The topological polar surface area (TPSA) is 92.4 Å². The van der Waals surface area contributed by atoms with Crippen LogP contribution in [0.5, 0.6) is 0 Å². The number of nitrogens with two attached hydrogens (primary N) is 1. The highest BCUT2D eigenvalue weighted by molar-refractivity contribution is 5.77. The van der Waals surface area contributed by atoms with Crippen LogP contribution in [0.2, 0.25) is 0 Å². The van der Waals surface area contributed by atoms with E-state index >= 15 is 0 Å². The summed E-state index contributed by atoms with van der Waals surface area (Å²) in [7, 11) is 0. The van der Waals surface area contributed by atoms with Crippen LogP contribution in [0.3, 0.4) is 0 Å². The summed E-state index contributed by atoms with van der Waals surface area (Å²) in [5.74, 6) is -1.33. The first-order chi connectivity index (χ1) is 7.92. The molecule has 0 rings (SSSR count). The SMILES string of the molecule is CCC(CN)CC(=O)NCC(C(=O)O)C(C)C. The number of carbonyl (C=O) groups excluding carboxylic acids is 1. The molecular formula is C12H24N2O3. The van der Waals surface area contributed by atoms with Gasteiger partial charge in [-0.05, 0) is 18.4 Å².